The highest BCUT2D eigenvalue weighted by molar-refractivity contribution is 7.92. The van der Waals surface area contributed by atoms with Crippen molar-refractivity contribution in [2.24, 2.45) is 0 Å². The SMILES string of the molecule is CCCNCCNC(=O)c1ccccc1NS(C)(=O)=O.Cl. The zero-order valence-corrected chi connectivity index (χ0v) is 13.8. The number of amides is 1. The van der Waals surface area contributed by atoms with Crippen LogP contribution in [0.3, 0.4) is 0 Å². The fourth-order valence-corrected chi connectivity index (χ4v) is 2.21. The van der Waals surface area contributed by atoms with Crippen LogP contribution in [0.25, 0.3) is 0 Å². The molecule has 6 nitrogen and oxygen atoms in total. The van der Waals surface area contributed by atoms with Crippen molar-refractivity contribution < 1.29 is 13.2 Å². The van der Waals surface area contributed by atoms with E-state index in [1.807, 2.05) is 0 Å². The van der Waals surface area contributed by atoms with Crippen molar-refractivity contribution in [2.45, 2.75) is 13.3 Å². The third-order valence-corrected chi connectivity index (χ3v) is 3.07. The Morgan fingerprint density at radius 3 is 2.43 bits per heavy atom. The van der Waals surface area contributed by atoms with Gasteiger partial charge >= 0.3 is 0 Å². The van der Waals surface area contributed by atoms with Crippen molar-refractivity contribution in [3.63, 3.8) is 0 Å². The summed E-state index contributed by atoms with van der Waals surface area (Å²) in [5, 5.41) is 5.92. The zero-order valence-electron chi connectivity index (χ0n) is 12.2. The smallest absolute Gasteiger partial charge is 0.253 e. The summed E-state index contributed by atoms with van der Waals surface area (Å²) in [4.78, 5) is 12.0. The van der Waals surface area contributed by atoms with Crippen LogP contribution in [-0.4, -0.2) is 40.2 Å². The molecule has 1 amide bonds. The van der Waals surface area contributed by atoms with Crippen LogP contribution in [0.1, 0.15) is 23.7 Å². The Bertz CT molecular complexity index is 549. The number of nitrogens with one attached hydrogen (secondary N) is 3. The van der Waals surface area contributed by atoms with Gasteiger partial charge in [0.2, 0.25) is 10.0 Å². The maximum Gasteiger partial charge on any atom is 0.253 e. The first-order valence-electron chi connectivity index (χ1n) is 6.49. The molecule has 1 rings (SSSR count). The van der Waals surface area contributed by atoms with Crippen LogP contribution in [0.5, 0.6) is 0 Å². The van der Waals surface area contributed by atoms with Crippen LogP contribution < -0.4 is 15.4 Å². The van der Waals surface area contributed by atoms with Gasteiger partial charge in [-0.3, -0.25) is 9.52 Å². The van der Waals surface area contributed by atoms with Crippen LogP contribution in [0.15, 0.2) is 24.3 Å². The molecule has 0 saturated carbocycles. The van der Waals surface area contributed by atoms with Crippen molar-refractivity contribution in [1.29, 1.82) is 0 Å². The average Bonchev–Trinajstić information content (AvgIpc) is 2.37. The minimum atomic E-state index is -3.41. The molecule has 1 aromatic carbocycles. The number of halogens is 1. The monoisotopic (exact) mass is 335 g/mol. The molecule has 0 aromatic heterocycles. The van der Waals surface area contributed by atoms with Crippen LogP contribution in [0.4, 0.5) is 5.69 Å². The Morgan fingerprint density at radius 1 is 1.14 bits per heavy atom. The predicted molar refractivity (Wildman–Crippen MR) is 87.7 cm³/mol. The molecule has 0 atom stereocenters. The number of benzene rings is 1. The minimum absolute atomic E-state index is 0. The highest BCUT2D eigenvalue weighted by atomic mass is 35.5. The van der Waals surface area contributed by atoms with Crippen LogP contribution in [0, 0.1) is 0 Å². The number of sulfonamides is 1. The normalized spacial score (nSPS) is 10.6. The lowest BCUT2D eigenvalue weighted by Crippen LogP contribution is -2.32. The molecule has 0 aliphatic heterocycles. The molecule has 0 heterocycles. The highest BCUT2D eigenvalue weighted by Gasteiger charge is 2.12. The third-order valence-electron chi connectivity index (χ3n) is 2.48. The Labute approximate surface area is 132 Å². The van der Waals surface area contributed by atoms with Gasteiger partial charge in [0.05, 0.1) is 17.5 Å². The summed E-state index contributed by atoms with van der Waals surface area (Å²) in [5.74, 6) is -0.296. The Kier molecular flexibility index (Phi) is 9.00. The van der Waals surface area contributed by atoms with Gasteiger partial charge < -0.3 is 10.6 Å². The van der Waals surface area contributed by atoms with Crippen LogP contribution in [-0.2, 0) is 10.0 Å². The molecule has 0 aliphatic rings. The highest BCUT2D eigenvalue weighted by Crippen LogP contribution is 2.15. The summed E-state index contributed by atoms with van der Waals surface area (Å²) in [7, 11) is -3.41. The van der Waals surface area contributed by atoms with E-state index in [0.29, 0.717) is 18.7 Å². The molecular weight excluding hydrogens is 314 g/mol. The van der Waals surface area contributed by atoms with E-state index in [4.69, 9.17) is 0 Å². The number of hydrogen-bond acceptors (Lipinski definition) is 4. The van der Waals surface area contributed by atoms with Gasteiger partial charge in [-0.05, 0) is 25.1 Å². The Hall–Kier alpha value is -1.31. The van der Waals surface area contributed by atoms with Crippen LogP contribution >= 0.6 is 12.4 Å². The van der Waals surface area contributed by atoms with E-state index >= 15 is 0 Å². The van der Waals surface area contributed by atoms with E-state index in [2.05, 4.69) is 22.3 Å². The molecule has 21 heavy (non-hydrogen) atoms. The second-order valence-electron chi connectivity index (χ2n) is 4.43. The summed E-state index contributed by atoms with van der Waals surface area (Å²) >= 11 is 0. The number of para-hydroxylation sites is 1. The van der Waals surface area contributed by atoms with Gasteiger partial charge in [0.1, 0.15) is 0 Å². The number of rotatable bonds is 8. The standard InChI is InChI=1S/C13H21N3O3S.ClH/c1-3-8-14-9-10-15-13(17)11-6-4-5-7-12(11)16-20(2,18)19;/h4-7,14,16H,3,8-10H2,1-2H3,(H,15,17);1H. The first-order chi connectivity index (χ1) is 9.44. The predicted octanol–water partition coefficient (Wildman–Crippen LogP) is 1.21. The summed E-state index contributed by atoms with van der Waals surface area (Å²) in [6, 6.07) is 6.51. The van der Waals surface area contributed by atoms with Crippen molar-refractivity contribution in [2.75, 3.05) is 30.6 Å². The molecule has 8 heteroatoms. The fourth-order valence-electron chi connectivity index (χ4n) is 1.63. The van der Waals surface area contributed by atoms with E-state index in [-0.39, 0.29) is 24.0 Å². The molecule has 0 radical (unpaired) electrons. The minimum Gasteiger partial charge on any atom is -0.351 e. The van der Waals surface area contributed by atoms with Gasteiger partial charge in [-0.2, -0.15) is 0 Å². The van der Waals surface area contributed by atoms with E-state index in [9.17, 15) is 13.2 Å². The summed E-state index contributed by atoms with van der Waals surface area (Å²) in [5.41, 5.74) is 0.599. The first kappa shape index (κ1) is 19.7. The largest absolute Gasteiger partial charge is 0.351 e. The molecule has 120 valence electrons. The lowest BCUT2D eigenvalue weighted by atomic mass is 10.1. The number of hydrogen-bond donors (Lipinski definition) is 3. The molecule has 0 spiro atoms. The summed E-state index contributed by atoms with van der Waals surface area (Å²) < 4.78 is 24.8. The number of carbonyl (C=O) groups is 1. The zero-order chi connectivity index (χ0) is 15.0. The van der Waals surface area contributed by atoms with Gasteiger partial charge in [-0.15, -0.1) is 12.4 Å². The molecule has 0 aliphatic carbocycles. The molecule has 0 bridgehead atoms. The lowest BCUT2D eigenvalue weighted by molar-refractivity contribution is 0.0955. The Morgan fingerprint density at radius 2 is 1.81 bits per heavy atom. The maximum atomic E-state index is 12.0. The maximum absolute atomic E-state index is 12.0. The molecule has 0 unspecified atom stereocenters. The second kappa shape index (κ2) is 9.59. The second-order valence-corrected chi connectivity index (χ2v) is 6.17. The lowest BCUT2D eigenvalue weighted by Gasteiger charge is -2.11. The third kappa shape index (κ3) is 7.89. The molecular formula is C13H22ClN3O3S. The van der Waals surface area contributed by atoms with Crippen molar-refractivity contribution in [3.8, 4) is 0 Å². The molecule has 1 aromatic rings. The van der Waals surface area contributed by atoms with Crippen molar-refractivity contribution >= 4 is 34.0 Å². The first-order valence-corrected chi connectivity index (χ1v) is 8.39. The van der Waals surface area contributed by atoms with E-state index in [1.54, 1.807) is 24.3 Å². The summed E-state index contributed by atoms with van der Waals surface area (Å²) in [6.07, 6.45) is 2.09. The Balaban J connectivity index is 0.00000400. The molecule has 0 fully saturated rings. The fraction of sp³-hybridized carbons (Fsp3) is 0.462. The molecule has 0 saturated heterocycles. The summed E-state index contributed by atoms with van der Waals surface area (Å²) in [6.45, 7) is 4.15. The quantitative estimate of drug-likeness (QED) is 0.623. The van der Waals surface area contributed by atoms with E-state index in [1.165, 1.54) is 0 Å². The van der Waals surface area contributed by atoms with Crippen molar-refractivity contribution in [3.05, 3.63) is 29.8 Å². The van der Waals surface area contributed by atoms with Gasteiger partial charge in [-0.25, -0.2) is 8.42 Å². The van der Waals surface area contributed by atoms with Crippen LogP contribution in [0.2, 0.25) is 0 Å². The van der Waals surface area contributed by atoms with Gasteiger partial charge in [0.25, 0.3) is 5.91 Å². The molecule has 3 N–H and O–H groups in total. The van der Waals surface area contributed by atoms with Gasteiger partial charge in [-0.1, -0.05) is 19.1 Å². The van der Waals surface area contributed by atoms with Gasteiger partial charge in [0.15, 0.2) is 0 Å². The number of carbonyl (C=O) groups excluding carboxylic acids is 1. The van der Waals surface area contributed by atoms with E-state index < -0.39 is 10.0 Å². The topological polar surface area (TPSA) is 87.3 Å². The average molecular weight is 336 g/mol. The van der Waals surface area contributed by atoms with Gasteiger partial charge in [0, 0.05) is 13.1 Å². The van der Waals surface area contributed by atoms with E-state index in [0.717, 1.165) is 19.2 Å². The number of anilines is 1. The van der Waals surface area contributed by atoms with Crippen molar-refractivity contribution in [1.82, 2.24) is 10.6 Å².